The average Bonchev–Trinajstić information content (AvgIpc) is 3.16. The number of benzene rings is 1. The summed E-state index contributed by atoms with van der Waals surface area (Å²) in [6.07, 6.45) is 5.35. The highest BCUT2D eigenvalue weighted by Gasteiger charge is 2.22. The van der Waals surface area contributed by atoms with Crippen LogP contribution in [0.15, 0.2) is 30.3 Å². The van der Waals surface area contributed by atoms with Crippen molar-refractivity contribution in [2.24, 2.45) is 0 Å². The van der Waals surface area contributed by atoms with Gasteiger partial charge in [-0.15, -0.1) is 0 Å². The standard InChI is InChI=1S/C19H25NO5/c1-23-17-8-4-3-6-15(17)9-10-18(21)20(12-11-19(22)24-2)14-16-7-5-13-25-16/h3-4,6,8-10,16H,5,7,11-14H2,1-2H3. The fraction of sp³-hybridized carbons (Fsp3) is 0.474. The lowest BCUT2D eigenvalue weighted by atomic mass is 10.1. The Hall–Kier alpha value is -2.34. The molecule has 1 aromatic carbocycles. The van der Waals surface area contributed by atoms with Crippen molar-refractivity contribution in [3.8, 4) is 5.75 Å². The monoisotopic (exact) mass is 347 g/mol. The van der Waals surface area contributed by atoms with E-state index in [1.807, 2.05) is 24.3 Å². The number of esters is 1. The van der Waals surface area contributed by atoms with Gasteiger partial charge in [0.1, 0.15) is 5.75 Å². The van der Waals surface area contributed by atoms with Gasteiger partial charge >= 0.3 is 5.97 Å². The van der Waals surface area contributed by atoms with Gasteiger partial charge in [0, 0.05) is 31.3 Å². The van der Waals surface area contributed by atoms with Crippen molar-refractivity contribution in [2.75, 3.05) is 33.9 Å². The van der Waals surface area contributed by atoms with Gasteiger partial charge < -0.3 is 19.1 Å². The van der Waals surface area contributed by atoms with Crippen LogP contribution in [0.4, 0.5) is 0 Å². The Labute approximate surface area is 148 Å². The van der Waals surface area contributed by atoms with Gasteiger partial charge in [-0.05, 0) is 25.0 Å². The highest BCUT2D eigenvalue weighted by Crippen LogP contribution is 2.19. The SMILES string of the molecule is COC(=O)CCN(CC1CCCO1)C(=O)C=Cc1ccccc1OC. The number of nitrogens with zero attached hydrogens (tertiary/aromatic N) is 1. The number of carbonyl (C=O) groups excluding carboxylic acids is 2. The molecular formula is C19H25NO5. The van der Waals surface area contributed by atoms with Gasteiger partial charge in [0.15, 0.2) is 0 Å². The summed E-state index contributed by atoms with van der Waals surface area (Å²) < 4.78 is 15.6. The highest BCUT2D eigenvalue weighted by atomic mass is 16.5. The number of rotatable bonds is 8. The third-order valence-electron chi connectivity index (χ3n) is 4.12. The number of methoxy groups -OCH3 is 2. The molecule has 0 aromatic heterocycles. The Morgan fingerprint density at radius 2 is 2.12 bits per heavy atom. The molecule has 0 bridgehead atoms. The molecule has 0 radical (unpaired) electrons. The first-order chi connectivity index (χ1) is 12.1. The van der Waals surface area contributed by atoms with Crippen molar-refractivity contribution in [3.63, 3.8) is 0 Å². The Morgan fingerprint density at radius 3 is 2.80 bits per heavy atom. The fourth-order valence-corrected chi connectivity index (χ4v) is 2.72. The van der Waals surface area contributed by atoms with Crippen molar-refractivity contribution in [1.29, 1.82) is 0 Å². The molecular weight excluding hydrogens is 322 g/mol. The zero-order valence-corrected chi connectivity index (χ0v) is 14.8. The maximum absolute atomic E-state index is 12.6. The first kappa shape index (κ1) is 19.0. The Morgan fingerprint density at radius 1 is 1.32 bits per heavy atom. The average molecular weight is 347 g/mol. The van der Waals surface area contributed by atoms with E-state index in [-0.39, 0.29) is 24.4 Å². The highest BCUT2D eigenvalue weighted by molar-refractivity contribution is 5.92. The number of ether oxygens (including phenoxy) is 3. The number of hydrogen-bond donors (Lipinski definition) is 0. The fourth-order valence-electron chi connectivity index (χ4n) is 2.72. The summed E-state index contributed by atoms with van der Waals surface area (Å²) in [7, 11) is 2.94. The molecule has 0 N–H and O–H groups in total. The smallest absolute Gasteiger partial charge is 0.307 e. The number of hydrogen-bond acceptors (Lipinski definition) is 5. The maximum atomic E-state index is 12.6. The van der Waals surface area contributed by atoms with E-state index in [4.69, 9.17) is 9.47 Å². The molecule has 1 amide bonds. The van der Waals surface area contributed by atoms with E-state index in [2.05, 4.69) is 4.74 Å². The first-order valence-electron chi connectivity index (χ1n) is 8.42. The van der Waals surface area contributed by atoms with Crippen molar-refractivity contribution in [1.82, 2.24) is 4.90 Å². The quantitative estimate of drug-likeness (QED) is 0.533. The molecule has 0 aliphatic carbocycles. The largest absolute Gasteiger partial charge is 0.496 e. The molecule has 1 atom stereocenters. The Kier molecular flexibility index (Phi) is 7.47. The molecule has 136 valence electrons. The summed E-state index contributed by atoms with van der Waals surface area (Å²) in [6, 6.07) is 7.47. The van der Waals surface area contributed by atoms with Gasteiger partial charge in [-0.25, -0.2) is 0 Å². The second-order valence-electron chi connectivity index (χ2n) is 5.82. The lowest BCUT2D eigenvalue weighted by Crippen LogP contribution is -2.37. The Bertz CT molecular complexity index is 608. The lowest BCUT2D eigenvalue weighted by molar-refractivity contribution is -0.141. The molecule has 1 heterocycles. The van der Waals surface area contributed by atoms with Crippen LogP contribution in [0.5, 0.6) is 5.75 Å². The van der Waals surface area contributed by atoms with Crippen LogP contribution < -0.4 is 4.74 Å². The molecule has 6 nitrogen and oxygen atoms in total. The third kappa shape index (κ3) is 5.90. The van der Waals surface area contributed by atoms with Gasteiger partial charge in [0.2, 0.25) is 5.91 Å². The molecule has 1 unspecified atom stereocenters. The van der Waals surface area contributed by atoms with Crippen LogP contribution in [0.3, 0.4) is 0 Å². The van der Waals surface area contributed by atoms with E-state index < -0.39 is 0 Å². The number of carbonyl (C=O) groups is 2. The zero-order chi connectivity index (χ0) is 18.1. The lowest BCUT2D eigenvalue weighted by Gasteiger charge is -2.24. The van der Waals surface area contributed by atoms with Gasteiger partial charge in [-0.2, -0.15) is 0 Å². The van der Waals surface area contributed by atoms with Crippen molar-refractivity contribution < 1.29 is 23.8 Å². The van der Waals surface area contributed by atoms with Gasteiger partial charge in [-0.3, -0.25) is 9.59 Å². The minimum Gasteiger partial charge on any atom is -0.496 e. The molecule has 1 aliphatic heterocycles. The van der Waals surface area contributed by atoms with Gasteiger partial charge in [0.25, 0.3) is 0 Å². The first-order valence-corrected chi connectivity index (χ1v) is 8.42. The predicted octanol–water partition coefficient (Wildman–Crippen LogP) is 2.28. The van der Waals surface area contributed by atoms with Crippen LogP contribution in [0.1, 0.15) is 24.8 Å². The minimum atomic E-state index is -0.334. The second kappa shape index (κ2) is 9.84. The van der Waals surface area contributed by atoms with Crippen LogP contribution in [-0.4, -0.2) is 56.8 Å². The maximum Gasteiger partial charge on any atom is 0.307 e. The van der Waals surface area contributed by atoms with E-state index in [9.17, 15) is 9.59 Å². The van der Waals surface area contributed by atoms with Gasteiger partial charge in [0.05, 0.1) is 26.7 Å². The summed E-state index contributed by atoms with van der Waals surface area (Å²) in [4.78, 5) is 25.6. The molecule has 2 rings (SSSR count). The van der Waals surface area contributed by atoms with Crippen molar-refractivity contribution >= 4 is 18.0 Å². The van der Waals surface area contributed by atoms with E-state index in [0.29, 0.717) is 18.8 Å². The topological polar surface area (TPSA) is 65.1 Å². The normalized spacial score (nSPS) is 16.8. The van der Waals surface area contributed by atoms with E-state index in [0.717, 1.165) is 25.0 Å². The molecule has 1 saturated heterocycles. The van der Waals surface area contributed by atoms with Gasteiger partial charge in [-0.1, -0.05) is 18.2 Å². The number of amides is 1. The molecule has 6 heteroatoms. The summed E-state index contributed by atoms with van der Waals surface area (Å²) in [5.74, 6) is 0.205. The second-order valence-corrected chi connectivity index (χ2v) is 5.82. The molecule has 25 heavy (non-hydrogen) atoms. The molecule has 0 spiro atoms. The predicted molar refractivity (Wildman–Crippen MR) is 94.2 cm³/mol. The van der Waals surface area contributed by atoms with Crippen molar-refractivity contribution in [2.45, 2.75) is 25.4 Å². The molecule has 0 saturated carbocycles. The van der Waals surface area contributed by atoms with E-state index in [1.165, 1.54) is 13.2 Å². The summed E-state index contributed by atoms with van der Waals surface area (Å²) in [6.45, 7) is 1.51. The van der Waals surface area contributed by atoms with Crippen LogP contribution in [0.25, 0.3) is 6.08 Å². The van der Waals surface area contributed by atoms with Crippen LogP contribution in [0.2, 0.25) is 0 Å². The third-order valence-corrected chi connectivity index (χ3v) is 4.12. The summed E-state index contributed by atoms with van der Waals surface area (Å²) in [5, 5.41) is 0. The molecule has 1 aromatic rings. The zero-order valence-electron chi connectivity index (χ0n) is 14.8. The van der Waals surface area contributed by atoms with Crippen LogP contribution in [0, 0.1) is 0 Å². The molecule has 1 aliphatic rings. The number of para-hydroxylation sites is 1. The van der Waals surface area contributed by atoms with Crippen LogP contribution in [-0.2, 0) is 19.1 Å². The Balaban J connectivity index is 2.04. The van der Waals surface area contributed by atoms with Crippen molar-refractivity contribution in [3.05, 3.63) is 35.9 Å². The van der Waals surface area contributed by atoms with E-state index in [1.54, 1.807) is 18.1 Å². The van der Waals surface area contributed by atoms with E-state index >= 15 is 0 Å². The van der Waals surface area contributed by atoms with Crippen LogP contribution >= 0.6 is 0 Å². The summed E-state index contributed by atoms with van der Waals surface area (Å²) in [5.41, 5.74) is 0.823. The minimum absolute atomic E-state index is 0.0289. The summed E-state index contributed by atoms with van der Waals surface area (Å²) >= 11 is 0. The molecule has 1 fully saturated rings.